The maximum Gasteiger partial charge on any atom is 0.364 e. The molecule has 14 N–H and O–H groups in total. The molecule has 0 spiro atoms. The molecule has 23 nitrogen and oxygen atoms in total. The van der Waals surface area contributed by atoms with Crippen LogP contribution in [0.4, 0.5) is 0 Å². The summed E-state index contributed by atoms with van der Waals surface area (Å²) in [7, 11) is 0. The smallest absolute Gasteiger partial charge is 0.364 e. The number of carboxylic acid groups (broad SMARTS) is 1. The van der Waals surface area contributed by atoms with Crippen molar-refractivity contribution in [3.05, 3.63) is 12.2 Å². The molecule has 3 aliphatic rings. The highest BCUT2D eigenvalue weighted by atomic mass is 16.8. The van der Waals surface area contributed by atoms with E-state index in [1.807, 2.05) is 6.08 Å². The lowest BCUT2D eigenvalue weighted by Gasteiger charge is -2.50. The Bertz CT molecular complexity index is 1980. The number of hydrogen-bond acceptors (Lipinski definition) is 20. The van der Waals surface area contributed by atoms with Crippen LogP contribution in [0.3, 0.4) is 0 Å². The first-order valence-corrected chi connectivity index (χ1v) is 38.1. The molecule has 0 aromatic carbocycles. The number of unbranched alkanes of at least 4 members (excludes halogenated alkanes) is 39. The second-order valence-electron chi connectivity index (χ2n) is 27.9. The van der Waals surface area contributed by atoms with E-state index in [0.717, 1.165) is 64.7 Å². The first-order chi connectivity index (χ1) is 46.4. The number of ether oxygens (including phenoxy) is 6. The lowest BCUT2D eigenvalue weighted by atomic mass is 9.88. The van der Waals surface area contributed by atoms with Gasteiger partial charge in [-0.25, -0.2) is 4.79 Å². The van der Waals surface area contributed by atoms with Gasteiger partial charge in [0.25, 0.3) is 5.79 Å². The summed E-state index contributed by atoms with van der Waals surface area (Å²) >= 11 is 0. The normalized spacial score (nSPS) is 27.6. The van der Waals surface area contributed by atoms with Crippen LogP contribution in [0.5, 0.6) is 0 Å². The summed E-state index contributed by atoms with van der Waals surface area (Å²) in [5.41, 5.74) is 0. The Morgan fingerprint density at radius 3 is 1.39 bits per heavy atom. The Kier molecular flexibility index (Phi) is 48.7. The summed E-state index contributed by atoms with van der Waals surface area (Å²) in [6, 6.07) is -2.61. The van der Waals surface area contributed by atoms with Crippen molar-refractivity contribution in [1.82, 2.24) is 10.6 Å². The molecule has 0 aromatic rings. The summed E-state index contributed by atoms with van der Waals surface area (Å²) in [5.74, 6) is -6.14. The molecule has 564 valence electrons. The third kappa shape index (κ3) is 34.4. The number of hydrogen-bond donors (Lipinski definition) is 14. The van der Waals surface area contributed by atoms with Gasteiger partial charge in [0, 0.05) is 19.8 Å². The fourth-order valence-electron chi connectivity index (χ4n) is 13.4. The monoisotopic (exact) mass is 1380 g/mol. The SMILES string of the molecule is CCCCCCCCC/C=C/C(O)C(COC1OC(CO)C(OC2OC(CO)C(O)C(OC3(C(=O)O)CC(O)C(NC(C)=O)C(C(O)C(O)CO)O3)C2O)C(O)C1O)NC(=O)CCCCCCCCCCCCCCCCCCCCCCCCCCCCCCCCCCC. The molecule has 0 saturated carbocycles. The van der Waals surface area contributed by atoms with Gasteiger partial charge in [0.2, 0.25) is 11.8 Å². The third-order valence-corrected chi connectivity index (χ3v) is 19.5. The van der Waals surface area contributed by atoms with Gasteiger partial charge < -0.3 is 100 Å². The van der Waals surface area contributed by atoms with Gasteiger partial charge in [-0.15, -0.1) is 0 Å². The zero-order valence-corrected chi connectivity index (χ0v) is 59.2. The number of carbonyl (C=O) groups is 3. The van der Waals surface area contributed by atoms with Gasteiger partial charge in [0.15, 0.2) is 12.6 Å². The maximum atomic E-state index is 13.4. The standard InChI is InChI=1S/C73H136N2O21/c1-4-6-8-10-12-14-15-16-17-18-19-20-21-22-23-24-25-26-27-28-29-30-31-32-33-34-35-36-37-39-41-43-45-47-60(83)75-54(55(80)46-44-42-40-38-13-11-9-7-5-2)52-91-70-65(87)64(86)67(59(51-78)93-70)94-71-66(88)69(63(85)58(50-77)92-71)96-73(72(89)90)48-56(81)61(74-53(3)79)68(95-73)62(84)57(82)49-76/h44,46,54-59,61-71,76-78,80-82,84-88H,4-43,45,47-52H2,1-3H3,(H,74,79)(H,75,83)(H,89,90)/b46-44+. The molecule has 96 heavy (non-hydrogen) atoms. The van der Waals surface area contributed by atoms with Crippen molar-refractivity contribution in [2.24, 2.45) is 0 Å². The lowest BCUT2D eigenvalue weighted by Crippen LogP contribution is -2.70. The van der Waals surface area contributed by atoms with Crippen molar-refractivity contribution < 1.29 is 104 Å². The van der Waals surface area contributed by atoms with E-state index in [9.17, 15) is 75.7 Å². The van der Waals surface area contributed by atoms with Crippen LogP contribution in [-0.4, -0.2) is 215 Å². The van der Waals surface area contributed by atoms with E-state index in [2.05, 4.69) is 24.5 Å². The Morgan fingerprint density at radius 1 is 0.542 bits per heavy atom. The number of carboxylic acids is 1. The zero-order chi connectivity index (χ0) is 70.4. The largest absolute Gasteiger partial charge is 0.477 e. The second-order valence-corrected chi connectivity index (χ2v) is 27.9. The summed E-state index contributed by atoms with van der Waals surface area (Å²) in [4.78, 5) is 38.5. The fraction of sp³-hybridized carbons (Fsp3) is 0.932. The number of aliphatic carboxylic acids is 1. The van der Waals surface area contributed by atoms with Crippen molar-refractivity contribution >= 4 is 17.8 Å². The van der Waals surface area contributed by atoms with Gasteiger partial charge in [-0.1, -0.05) is 270 Å². The number of amides is 2. The summed E-state index contributed by atoms with van der Waals surface area (Å²) in [6.45, 7) is 2.11. The van der Waals surface area contributed by atoms with Crippen molar-refractivity contribution in [2.75, 3.05) is 26.4 Å². The number of allylic oxidation sites excluding steroid dienone is 1. The van der Waals surface area contributed by atoms with Crippen LogP contribution >= 0.6 is 0 Å². The molecule has 0 radical (unpaired) electrons. The van der Waals surface area contributed by atoms with Crippen LogP contribution in [0.25, 0.3) is 0 Å². The number of nitrogens with one attached hydrogen (secondary N) is 2. The Morgan fingerprint density at radius 2 is 0.969 bits per heavy atom. The highest BCUT2D eigenvalue weighted by Crippen LogP contribution is 2.39. The Labute approximate surface area is 575 Å². The van der Waals surface area contributed by atoms with Crippen LogP contribution in [0.1, 0.15) is 297 Å². The summed E-state index contributed by atoms with van der Waals surface area (Å²) in [6.07, 6.45) is 26.1. The van der Waals surface area contributed by atoms with Crippen LogP contribution < -0.4 is 10.6 Å². The molecule has 3 fully saturated rings. The molecule has 0 bridgehead atoms. The minimum absolute atomic E-state index is 0.205. The van der Waals surface area contributed by atoms with E-state index < -0.39 is 155 Å². The minimum atomic E-state index is -3.08. The van der Waals surface area contributed by atoms with E-state index in [0.29, 0.717) is 12.8 Å². The second kappa shape index (κ2) is 53.3. The first kappa shape index (κ1) is 87.7. The predicted molar refractivity (Wildman–Crippen MR) is 366 cm³/mol. The number of aliphatic hydroxyl groups excluding tert-OH is 11. The number of carbonyl (C=O) groups excluding carboxylic acids is 2. The molecule has 18 unspecified atom stereocenters. The molecule has 2 amide bonds. The van der Waals surface area contributed by atoms with Crippen LogP contribution in [0, 0.1) is 0 Å². The van der Waals surface area contributed by atoms with Crippen LogP contribution in [0.2, 0.25) is 0 Å². The van der Waals surface area contributed by atoms with Crippen molar-refractivity contribution in [3.8, 4) is 0 Å². The third-order valence-electron chi connectivity index (χ3n) is 19.5. The molecular formula is C73H136N2O21. The Hall–Kier alpha value is -2.53. The molecule has 3 saturated heterocycles. The van der Waals surface area contributed by atoms with Crippen molar-refractivity contribution in [1.29, 1.82) is 0 Å². The molecule has 3 rings (SSSR count). The quantitative estimate of drug-likeness (QED) is 0.0200. The molecule has 23 heteroatoms. The van der Waals surface area contributed by atoms with Crippen LogP contribution in [0.15, 0.2) is 12.2 Å². The van der Waals surface area contributed by atoms with Gasteiger partial charge in [-0.2, -0.15) is 0 Å². The average molecular weight is 1380 g/mol. The van der Waals surface area contributed by atoms with E-state index in [-0.39, 0.29) is 12.3 Å². The van der Waals surface area contributed by atoms with Gasteiger partial charge >= 0.3 is 5.97 Å². The van der Waals surface area contributed by atoms with Gasteiger partial charge in [-0.3, -0.25) is 9.59 Å². The van der Waals surface area contributed by atoms with Gasteiger partial charge in [0.1, 0.15) is 67.1 Å². The lowest BCUT2D eigenvalue weighted by molar-refractivity contribution is -0.386. The fourth-order valence-corrected chi connectivity index (χ4v) is 13.4. The van der Waals surface area contributed by atoms with E-state index in [4.69, 9.17) is 28.4 Å². The van der Waals surface area contributed by atoms with Crippen molar-refractivity contribution in [2.45, 2.75) is 407 Å². The average Bonchev–Trinajstić information content (AvgIpc) is 0.757. The Balaban J connectivity index is 1.42. The predicted octanol–water partition coefficient (Wildman–Crippen LogP) is 8.63. The molecule has 0 aliphatic carbocycles. The molecular weight excluding hydrogens is 1240 g/mol. The van der Waals surface area contributed by atoms with Gasteiger partial charge in [-0.05, 0) is 19.3 Å². The number of aliphatic hydroxyl groups is 11. The molecule has 18 atom stereocenters. The van der Waals surface area contributed by atoms with E-state index >= 15 is 0 Å². The summed E-state index contributed by atoms with van der Waals surface area (Å²) < 4.78 is 34.7. The maximum absolute atomic E-state index is 13.4. The highest BCUT2D eigenvalue weighted by molar-refractivity contribution is 5.77. The molecule has 3 aliphatic heterocycles. The molecule has 3 heterocycles. The van der Waals surface area contributed by atoms with Crippen LogP contribution in [-0.2, 0) is 42.8 Å². The first-order valence-electron chi connectivity index (χ1n) is 38.1. The molecule has 0 aromatic heterocycles. The number of rotatable bonds is 59. The van der Waals surface area contributed by atoms with E-state index in [1.165, 1.54) is 193 Å². The zero-order valence-electron chi connectivity index (χ0n) is 59.2. The van der Waals surface area contributed by atoms with Crippen molar-refractivity contribution in [3.63, 3.8) is 0 Å². The van der Waals surface area contributed by atoms with Gasteiger partial charge in [0.05, 0.1) is 50.7 Å². The minimum Gasteiger partial charge on any atom is -0.477 e. The van der Waals surface area contributed by atoms with E-state index in [1.54, 1.807) is 6.08 Å². The summed E-state index contributed by atoms with van der Waals surface area (Å²) in [5, 5.41) is 136. The topological polar surface area (TPSA) is 373 Å². The highest BCUT2D eigenvalue weighted by Gasteiger charge is 2.60.